The molecule has 2 aliphatic rings. The number of aliphatic hydroxyl groups is 1. The van der Waals surface area contributed by atoms with Crippen LogP contribution in [0.25, 0.3) is 4.96 Å². The number of thiophene rings is 1. The second-order valence-electron chi connectivity index (χ2n) is 8.04. The van der Waals surface area contributed by atoms with E-state index in [-0.39, 0.29) is 12.0 Å². The highest BCUT2D eigenvalue weighted by Crippen LogP contribution is 2.33. The van der Waals surface area contributed by atoms with Crippen LogP contribution in [0.5, 0.6) is 0 Å². The fourth-order valence-corrected chi connectivity index (χ4v) is 6.09. The summed E-state index contributed by atoms with van der Waals surface area (Å²) in [6.07, 6.45) is 5.78. The van der Waals surface area contributed by atoms with Gasteiger partial charge in [0.25, 0.3) is 5.91 Å². The summed E-state index contributed by atoms with van der Waals surface area (Å²) in [5.41, 5.74) is 1.63. The lowest BCUT2D eigenvalue weighted by atomic mass is 9.90. The van der Waals surface area contributed by atoms with Gasteiger partial charge in [-0.15, -0.1) is 22.7 Å². The SMILES string of the molecule is O=C(c1nc2sccn2c1CN1CCC([C@H](O)c2cccs2)CC1)N1CCCC1. The molecule has 29 heavy (non-hydrogen) atoms. The number of carbonyl (C=O) groups excluding carboxylic acids is 1. The van der Waals surface area contributed by atoms with E-state index >= 15 is 0 Å². The van der Waals surface area contributed by atoms with Crippen molar-refractivity contribution in [1.29, 1.82) is 0 Å². The second kappa shape index (κ2) is 8.18. The van der Waals surface area contributed by atoms with E-state index < -0.39 is 0 Å². The van der Waals surface area contributed by atoms with Crippen molar-refractivity contribution >= 4 is 33.5 Å². The lowest BCUT2D eigenvalue weighted by Gasteiger charge is -2.34. The minimum absolute atomic E-state index is 0.0800. The van der Waals surface area contributed by atoms with Crippen molar-refractivity contribution < 1.29 is 9.90 Å². The molecule has 0 aromatic carbocycles. The van der Waals surface area contributed by atoms with Gasteiger partial charge in [0.2, 0.25) is 0 Å². The van der Waals surface area contributed by atoms with Crippen LogP contribution in [0.2, 0.25) is 0 Å². The van der Waals surface area contributed by atoms with E-state index in [1.165, 1.54) is 0 Å². The Morgan fingerprint density at radius 1 is 1.17 bits per heavy atom. The molecule has 5 heterocycles. The van der Waals surface area contributed by atoms with Crippen LogP contribution in [0, 0.1) is 5.92 Å². The Bertz CT molecular complexity index is 966. The van der Waals surface area contributed by atoms with E-state index in [0.29, 0.717) is 11.6 Å². The number of likely N-dealkylation sites (tertiary alicyclic amines) is 2. The van der Waals surface area contributed by atoms with Gasteiger partial charge in [-0.2, -0.15) is 0 Å². The third-order valence-corrected chi connectivity index (χ3v) is 7.94. The monoisotopic (exact) mass is 430 g/mol. The van der Waals surface area contributed by atoms with Crippen LogP contribution >= 0.6 is 22.7 Å². The summed E-state index contributed by atoms with van der Waals surface area (Å²) in [5, 5.41) is 14.7. The smallest absolute Gasteiger partial charge is 0.274 e. The zero-order valence-electron chi connectivity index (χ0n) is 16.4. The molecule has 0 spiro atoms. The van der Waals surface area contributed by atoms with Crippen molar-refractivity contribution in [1.82, 2.24) is 19.2 Å². The van der Waals surface area contributed by atoms with Crippen molar-refractivity contribution in [2.75, 3.05) is 26.2 Å². The maximum Gasteiger partial charge on any atom is 0.274 e. The number of piperidine rings is 1. The molecule has 154 valence electrons. The standard InChI is InChI=1S/C21H26N4O2S2/c26-19(17-4-3-12-28-17)15-5-9-23(10-6-15)14-16-18(20(27)24-7-1-2-8-24)22-21-25(16)11-13-29-21/h3-4,11-13,15,19,26H,1-2,5-10,14H2/t19-/m0/s1. The van der Waals surface area contributed by atoms with Crippen molar-refractivity contribution in [3.8, 4) is 0 Å². The van der Waals surface area contributed by atoms with Crippen molar-refractivity contribution in [3.05, 3.63) is 45.4 Å². The first-order chi connectivity index (χ1) is 14.2. The molecular weight excluding hydrogens is 404 g/mol. The largest absolute Gasteiger partial charge is 0.387 e. The first kappa shape index (κ1) is 19.2. The lowest BCUT2D eigenvalue weighted by molar-refractivity contribution is 0.0584. The number of carbonyl (C=O) groups is 1. The third kappa shape index (κ3) is 3.74. The van der Waals surface area contributed by atoms with Gasteiger partial charge in [0, 0.05) is 36.1 Å². The molecule has 1 atom stereocenters. The number of nitrogens with zero attached hydrogens (tertiary/aromatic N) is 4. The predicted molar refractivity (Wildman–Crippen MR) is 115 cm³/mol. The number of hydrogen-bond acceptors (Lipinski definition) is 6. The summed E-state index contributed by atoms with van der Waals surface area (Å²) in [5.74, 6) is 0.388. The fraction of sp³-hybridized carbons (Fsp3) is 0.524. The molecule has 0 saturated carbocycles. The summed E-state index contributed by atoms with van der Waals surface area (Å²) < 4.78 is 2.08. The Kier molecular flexibility index (Phi) is 5.43. The van der Waals surface area contributed by atoms with Crippen molar-refractivity contribution in [2.45, 2.75) is 38.3 Å². The Labute approximate surface area is 178 Å². The van der Waals surface area contributed by atoms with Crippen LogP contribution in [0.4, 0.5) is 0 Å². The molecule has 0 radical (unpaired) electrons. The van der Waals surface area contributed by atoms with E-state index in [1.807, 2.05) is 34.0 Å². The molecule has 2 fully saturated rings. The lowest BCUT2D eigenvalue weighted by Crippen LogP contribution is -2.36. The highest BCUT2D eigenvalue weighted by atomic mass is 32.1. The first-order valence-corrected chi connectivity index (χ1v) is 12.1. The fourth-order valence-electron chi connectivity index (χ4n) is 4.56. The van der Waals surface area contributed by atoms with Crippen LogP contribution in [-0.4, -0.2) is 56.4 Å². The van der Waals surface area contributed by atoms with Gasteiger partial charge in [0.1, 0.15) is 0 Å². The third-order valence-electron chi connectivity index (χ3n) is 6.24. The van der Waals surface area contributed by atoms with E-state index in [0.717, 1.165) is 73.9 Å². The van der Waals surface area contributed by atoms with E-state index in [9.17, 15) is 9.90 Å². The zero-order chi connectivity index (χ0) is 19.8. The zero-order valence-corrected chi connectivity index (χ0v) is 18.0. The van der Waals surface area contributed by atoms with Gasteiger partial charge in [0.05, 0.1) is 11.8 Å². The van der Waals surface area contributed by atoms with Crippen LogP contribution in [-0.2, 0) is 6.54 Å². The highest BCUT2D eigenvalue weighted by Gasteiger charge is 2.30. The molecule has 0 aliphatic carbocycles. The van der Waals surface area contributed by atoms with Crippen LogP contribution in [0.3, 0.4) is 0 Å². The van der Waals surface area contributed by atoms with E-state index in [2.05, 4.69) is 14.3 Å². The molecule has 2 aliphatic heterocycles. The highest BCUT2D eigenvalue weighted by molar-refractivity contribution is 7.15. The molecule has 5 rings (SSSR count). The van der Waals surface area contributed by atoms with Crippen LogP contribution in [0.1, 0.15) is 52.8 Å². The molecule has 3 aromatic rings. The van der Waals surface area contributed by atoms with Crippen LogP contribution < -0.4 is 0 Å². The number of thiazole rings is 1. The average molecular weight is 431 g/mol. The Morgan fingerprint density at radius 2 is 1.97 bits per heavy atom. The molecule has 8 heteroatoms. The Hall–Kier alpha value is -1.74. The average Bonchev–Trinajstić information content (AvgIpc) is 3.54. The predicted octanol–water partition coefficient (Wildman–Crippen LogP) is 3.64. The number of rotatable bonds is 5. The van der Waals surface area contributed by atoms with Gasteiger partial charge in [-0.05, 0) is 56.1 Å². The first-order valence-electron chi connectivity index (χ1n) is 10.4. The molecular formula is C21H26N4O2S2. The maximum absolute atomic E-state index is 13.1. The van der Waals surface area contributed by atoms with Gasteiger partial charge < -0.3 is 10.0 Å². The number of fused-ring (bicyclic) bond motifs is 1. The summed E-state index contributed by atoms with van der Waals surface area (Å²) in [7, 11) is 0. The summed E-state index contributed by atoms with van der Waals surface area (Å²) in [6, 6.07) is 4.03. The topological polar surface area (TPSA) is 61.1 Å². The van der Waals surface area contributed by atoms with Gasteiger partial charge >= 0.3 is 0 Å². The van der Waals surface area contributed by atoms with Gasteiger partial charge in [-0.1, -0.05) is 6.07 Å². The molecule has 2 saturated heterocycles. The molecule has 3 aromatic heterocycles. The second-order valence-corrected chi connectivity index (χ2v) is 9.89. The van der Waals surface area contributed by atoms with Crippen molar-refractivity contribution in [3.63, 3.8) is 0 Å². The van der Waals surface area contributed by atoms with Crippen molar-refractivity contribution in [2.24, 2.45) is 5.92 Å². The summed E-state index contributed by atoms with van der Waals surface area (Å²) in [4.78, 5) is 24.0. The Morgan fingerprint density at radius 3 is 2.69 bits per heavy atom. The molecule has 1 amide bonds. The van der Waals surface area contributed by atoms with E-state index in [4.69, 9.17) is 0 Å². The van der Waals surface area contributed by atoms with Gasteiger partial charge in [-0.3, -0.25) is 14.1 Å². The normalized spacial score (nSPS) is 20.0. The summed E-state index contributed by atoms with van der Waals surface area (Å²) >= 11 is 3.21. The quantitative estimate of drug-likeness (QED) is 0.671. The van der Waals surface area contributed by atoms with Crippen LogP contribution in [0.15, 0.2) is 29.1 Å². The molecule has 0 unspecified atom stereocenters. The number of hydrogen-bond donors (Lipinski definition) is 1. The maximum atomic E-state index is 13.1. The van der Waals surface area contributed by atoms with Gasteiger partial charge in [-0.25, -0.2) is 4.98 Å². The number of aromatic nitrogens is 2. The minimum Gasteiger partial charge on any atom is -0.387 e. The minimum atomic E-state index is -0.358. The number of imidazole rings is 1. The van der Waals surface area contributed by atoms with Gasteiger partial charge in [0.15, 0.2) is 10.7 Å². The van der Waals surface area contributed by atoms with E-state index in [1.54, 1.807) is 22.7 Å². The summed E-state index contributed by atoms with van der Waals surface area (Å²) in [6.45, 7) is 4.28. The molecule has 6 nitrogen and oxygen atoms in total. The molecule has 1 N–H and O–H groups in total. The number of amides is 1. The number of aliphatic hydroxyl groups excluding tert-OH is 1. The Balaban J connectivity index is 1.30. The molecule has 0 bridgehead atoms.